The summed E-state index contributed by atoms with van der Waals surface area (Å²) in [7, 11) is 0. The summed E-state index contributed by atoms with van der Waals surface area (Å²) in [6.07, 6.45) is 1.21. The van der Waals surface area contributed by atoms with Crippen molar-refractivity contribution in [3.8, 4) is 5.75 Å². The maximum atomic E-state index is 6.09. The molecule has 1 aromatic rings. The Morgan fingerprint density at radius 3 is 2.40 bits per heavy atom. The topological polar surface area (TPSA) is 30.5 Å². The number of aryl methyl sites for hydroxylation is 2. The lowest BCUT2D eigenvalue weighted by atomic mass is 10.0. The summed E-state index contributed by atoms with van der Waals surface area (Å²) in [6.45, 7) is 13.2. The summed E-state index contributed by atoms with van der Waals surface area (Å²) in [5.41, 5.74) is 3.87. The molecule has 1 saturated heterocycles. The first kappa shape index (κ1) is 15.3. The fraction of sp³-hybridized carbons (Fsp3) is 0.647. The van der Waals surface area contributed by atoms with Gasteiger partial charge in [-0.15, -0.1) is 0 Å². The third-order valence-corrected chi connectivity index (χ3v) is 3.52. The zero-order valence-electron chi connectivity index (χ0n) is 13.4. The number of ether oxygens (including phenoxy) is 2. The first-order valence-corrected chi connectivity index (χ1v) is 7.45. The van der Waals surface area contributed by atoms with Crippen LogP contribution >= 0.6 is 0 Å². The number of benzene rings is 1. The minimum atomic E-state index is 0.137. The SMILES string of the molecule is Cc1cc(CNC(C)(C)C)cc(C)c1OC1CCOC1. The first-order valence-electron chi connectivity index (χ1n) is 7.45. The van der Waals surface area contributed by atoms with Gasteiger partial charge in [0, 0.05) is 18.5 Å². The molecule has 1 aromatic carbocycles. The van der Waals surface area contributed by atoms with E-state index in [1.54, 1.807) is 0 Å². The molecule has 1 aliphatic heterocycles. The van der Waals surface area contributed by atoms with Gasteiger partial charge in [0.1, 0.15) is 11.9 Å². The minimum absolute atomic E-state index is 0.137. The molecule has 1 N–H and O–H groups in total. The lowest BCUT2D eigenvalue weighted by Crippen LogP contribution is -2.35. The molecule has 0 spiro atoms. The molecule has 1 atom stereocenters. The van der Waals surface area contributed by atoms with Crippen LogP contribution in [-0.4, -0.2) is 24.9 Å². The molecule has 1 fully saturated rings. The molecule has 0 bridgehead atoms. The van der Waals surface area contributed by atoms with Crippen LogP contribution in [0.2, 0.25) is 0 Å². The molecule has 3 nitrogen and oxygen atoms in total. The molecule has 3 heteroatoms. The van der Waals surface area contributed by atoms with Crippen molar-refractivity contribution in [3.63, 3.8) is 0 Å². The summed E-state index contributed by atoms with van der Waals surface area (Å²) in [5.74, 6) is 1.03. The van der Waals surface area contributed by atoms with E-state index in [0.29, 0.717) is 6.61 Å². The number of hydrogen-bond donors (Lipinski definition) is 1. The largest absolute Gasteiger partial charge is 0.487 e. The van der Waals surface area contributed by atoms with E-state index in [1.165, 1.54) is 16.7 Å². The number of nitrogens with one attached hydrogen (secondary N) is 1. The van der Waals surface area contributed by atoms with Crippen molar-refractivity contribution in [1.82, 2.24) is 5.32 Å². The van der Waals surface area contributed by atoms with E-state index in [4.69, 9.17) is 9.47 Å². The maximum Gasteiger partial charge on any atom is 0.125 e. The second-order valence-electron chi connectivity index (χ2n) is 6.77. The Morgan fingerprint density at radius 1 is 1.25 bits per heavy atom. The van der Waals surface area contributed by atoms with Crippen molar-refractivity contribution < 1.29 is 9.47 Å². The van der Waals surface area contributed by atoms with E-state index >= 15 is 0 Å². The highest BCUT2D eigenvalue weighted by Gasteiger charge is 2.19. The Balaban J connectivity index is 2.07. The van der Waals surface area contributed by atoms with E-state index in [1.807, 2.05) is 0 Å². The highest BCUT2D eigenvalue weighted by molar-refractivity contribution is 5.43. The third kappa shape index (κ3) is 4.22. The smallest absolute Gasteiger partial charge is 0.125 e. The zero-order valence-corrected chi connectivity index (χ0v) is 13.4. The Morgan fingerprint density at radius 2 is 1.90 bits per heavy atom. The zero-order chi connectivity index (χ0) is 14.8. The van der Waals surface area contributed by atoms with E-state index in [0.717, 1.165) is 25.3 Å². The van der Waals surface area contributed by atoms with Crippen molar-refractivity contribution in [2.24, 2.45) is 0 Å². The predicted molar refractivity (Wildman–Crippen MR) is 82.4 cm³/mol. The Bertz CT molecular complexity index is 434. The fourth-order valence-corrected chi connectivity index (χ4v) is 2.47. The number of rotatable bonds is 4. The van der Waals surface area contributed by atoms with Gasteiger partial charge in [-0.05, 0) is 51.3 Å². The summed E-state index contributed by atoms with van der Waals surface area (Å²) >= 11 is 0. The summed E-state index contributed by atoms with van der Waals surface area (Å²) < 4.78 is 11.5. The average Bonchev–Trinajstić information content (AvgIpc) is 2.83. The van der Waals surface area contributed by atoms with Crippen LogP contribution < -0.4 is 10.1 Å². The highest BCUT2D eigenvalue weighted by atomic mass is 16.5. The van der Waals surface area contributed by atoms with Crippen LogP contribution in [0, 0.1) is 13.8 Å². The second-order valence-corrected chi connectivity index (χ2v) is 6.77. The van der Waals surface area contributed by atoms with E-state index < -0.39 is 0 Å². The molecule has 0 aromatic heterocycles. The lowest BCUT2D eigenvalue weighted by Gasteiger charge is -2.22. The molecule has 1 heterocycles. The predicted octanol–water partition coefficient (Wildman–Crippen LogP) is 3.36. The maximum absolute atomic E-state index is 6.09. The van der Waals surface area contributed by atoms with Gasteiger partial charge < -0.3 is 14.8 Å². The van der Waals surface area contributed by atoms with Gasteiger partial charge in [0.15, 0.2) is 0 Å². The Kier molecular flexibility index (Phi) is 4.71. The molecule has 1 aliphatic rings. The summed E-state index contributed by atoms with van der Waals surface area (Å²) in [4.78, 5) is 0. The van der Waals surface area contributed by atoms with E-state index in [9.17, 15) is 0 Å². The monoisotopic (exact) mass is 277 g/mol. The van der Waals surface area contributed by atoms with Crippen LogP contribution in [0.25, 0.3) is 0 Å². The third-order valence-electron chi connectivity index (χ3n) is 3.52. The van der Waals surface area contributed by atoms with Crippen molar-refractivity contribution in [1.29, 1.82) is 0 Å². The van der Waals surface area contributed by atoms with Crippen LogP contribution in [0.1, 0.15) is 43.9 Å². The van der Waals surface area contributed by atoms with Crippen molar-refractivity contribution in [2.75, 3.05) is 13.2 Å². The first-order chi connectivity index (χ1) is 9.35. The van der Waals surface area contributed by atoms with Crippen molar-refractivity contribution >= 4 is 0 Å². The molecule has 0 amide bonds. The van der Waals surface area contributed by atoms with Gasteiger partial charge in [0.2, 0.25) is 0 Å². The van der Waals surface area contributed by atoms with Gasteiger partial charge in [0.05, 0.1) is 13.2 Å². The molecule has 0 aliphatic carbocycles. The molecule has 1 unspecified atom stereocenters. The quantitative estimate of drug-likeness (QED) is 0.915. The standard InChI is InChI=1S/C17H27NO2/c1-12-8-14(10-18-17(3,4)5)9-13(2)16(12)20-15-6-7-19-11-15/h8-9,15,18H,6-7,10-11H2,1-5H3. The van der Waals surface area contributed by atoms with Crippen LogP contribution in [0.5, 0.6) is 5.75 Å². The van der Waals surface area contributed by atoms with Crippen LogP contribution in [0.4, 0.5) is 0 Å². The van der Waals surface area contributed by atoms with Gasteiger partial charge in [-0.2, -0.15) is 0 Å². The molecule has 0 radical (unpaired) electrons. The Labute approximate surface area is 122 Å². The van der Waals surface area contributed by atoms with Crippen LogP contribution in [0.15, 0.2) is 12.1 Å². The molecule has 112 valence electrons. The molecule has 2 rings (SSSR count). The van der Waals surface area contributed by atoms with Crippen LogP contribution in [-0.2, 0) is 11.3 Å². The van der Waals surface area contributed by atoms with E-state index in [-0.39, 0.29) is 11.6 Å². The number of hydrogen-bond acceptors (Lipinski definition) is 3. The molecular formula is C17H27NO2. The fourth-order valence-electron chi connectivity index (χ4n) is 2.47. The average molecular weight is 277 g/mol. The molecule has 0 saturated carbocycles. The van der Waals surface area contributed by atoms with Gasteiger partial charge >= 0.3 is 0 Å². The van der Waals surface area contributed by atoms with Gasteiger partial charge in [-0.3, -0.25) is 0 Å². The summed E-state index contributed by atoms with van der Waals surface area (Å²) in [5, 5.41) is 3.52. The van der Waals surface area contributed by atoms with Crippen LogP contribution in [0.3, 0.4) is 0 Å². The van der Waals surface area contributed by atoms with Gasteiger partial charge in [-0.25, -0.2) is 0 Å². The highest BCUT2D eigenvalue weighted by Crippen LogP contribution is 2.27. The van der Waals surface area contributed by atoms with E-state index in [2.05, 4.69) is 52.1 Å². The van der Waals surface area contributed by atoms with Crippen molar-refractivity contribution in [2.45, 2.75) is 59.2 Å². The second kappa shape index (κ2) is 6.15. The van der Waals surface area contributed by atoms with Gasteiger partial charge in [0.25, 0.3) is 0 Å². The molecule has 20 heavy (non-hydrogen) atoms. The summed E-state index contributed by atoms with van der Waals surface area (Å²) in [6, 6.07) is 4.44. The van der Waals surface area contributed by atoms with Gasteiger partial charge in [-0.1, -0.05) is 12.1 Å². The lowest BCUT2D eigenvalue weighted by molar-refractivity contribution is 0.140. The normalized spacial score (nSPS) is 19.4. The minimum Gasteiger partial charge on any atom is -0.487 e. The Hall–Kier alpha value is -1.06. The molecular weight excluding hydrogens is 250 g/mol. The van der Waals surface area contributed by atoms with Crippen molar-refractivity contribution in [3.05, 3.63) is 28.8 Å².